The van der Waals surface area contributed by atoms with Gasteiger partial charge in [0.2, 0.25) is 5.95 Å². The van der Waals surface area contributed by atoms with Gasteiger partial charge in [-0.1, -0.05) is 31.2 Å². The van der Waals surface area contributed by atoms with Crippen molar-refractivity contribution >= 4 is 17.0 Å². The van der Waals surface area contributed by atoms with Crippen LogP contribution in [0.5, 0.6) is 0 Å². The van der Waals surface area contributed by atoms with E-state index in [1.54, 1.807) is 12.4 Å². The maximum atomic E-state index is 5.98. The highest BCUT2D eigenvalue weighted by atomic mass is 15.2. The minimum Gasteiger partial charge on any atom is -0.369 e. The van der Waals surface area contributed by atoms with Crippen molar-refractivity contribution in [1.29, 1.82) is 0 Å². The summed E-state index contributed by atoms with van der Waals surface area (Å²) in [5.74, 6) is 0.530. The Morgan fingerprint density at radius 1 is 1.11 bits per heavy atom. The van der Waals surface area contributed by atoms with E-state index in [-0.39, 0.29) is 0 Å². The Kier molecular flexibility index (Phi) is 2.91. The molecule has 0 aliphatic heterocycles. The van der Waals surface area contributed by atoms with E-state index in [2.05, 4.69) is 41.2 Å². The molecule has 19 heavy (non-hydrogen) atoms. The first-order valence-electron chi connectivity index (χ1n) is 6.41. The third kappa shape index (κ3) is 2.17. The van der Waals surface area contributed by atoms with Gasteiger partial charge in [-0.2, -0.15) is 0 Å². The highest BCUT2D eigenvalue weighted by Crippen LogP contribution is 2.18. The SMILES string of the molecule is CCc1ccc(Cn2c(N)nc3cnccc32)cc1. The third-order valence-electron chi connectivity index (χ3n) is 3.35. The molecule has 96 valence electrons. The van der Waals surface area contributed by atoms with Crippen LogP contribution in [-0.4, -0.2) is 14.5 Å². The summed E-state index contributed by atoms with van der Waals surface area (Å²) in [7, 11) is 0. The van der Waals surface area contributed by atoms with Gasteiger partial charge in [0.15, 0.2) is 0 Å². The fraction of sp³-hybridized carbons (Fsp3) is 0.200. The molecule has 2 aromatic heterocycles. The zero-order valence-corrected chi connectivity index (χ0v) is 10.9. The molecule has 0 saturated carbocycles. The van der Waals surface area contributed by atoms with Crippen LogP contribution in [-0.2, 0) is 13.0 Å². The quantitative estimate of drug-likeness (QED) is 0.779. The first kappa shape index (κ1) is 11.7. The van der Waals surface area contributed by atoms with Crippen molar-refractivity contribution in [2.45, 2.75) is 19.9 Å². The molecule has 0 atom stereocenters. The Bertz CT molecular complexity index is 698. The zero-order chi connectivity index (χ0) is 13.2. The van der Waals surface area contributed by atoms with Gasteiger partial charge in [-0.05, 0) is 23.6 Å². The Labute approximate surface area is 111 Å². The molecule has 4 heteroatoms. The molecule has 0 saturated heterocycles. The number of fused-ring (bicyclic) bond motifs is 1. The number of hydrogen-bond acceptors (Lipinski definition) is 3. The molecule has 0 unspecified atom stereocenters. The third-order valence-corrected chi connectivity index (χ3v) is 3.35. The molecule has 3 aromatic rings. The lowest BCUT2D eigenvalue weighted by Crippen LogP contribution is -2.04. The molecule has 0 radical (unpaired) electrons. The van der Waals surface area contributed by atoms with E-state index in [0.29, 0.717) is 5.95 Å². The normalized spacial score (nSPS) is 11.0. The van der Waals surface area contributed by atoms with E-state index in [9.17, 15) is 0 Å². The molecule has 0 bridgehead atoms. The Balaban J connectivity index is 1.98. The number of rotatable bonds is 3. The maximum Gasteiger partial charge on any atom is 0.201 e. The predicted molar refractivity (Wildman–Crippen MR) is 76.9 cm³/mol. The number of benzene rings is 1. The number of hydrogen-bond donors (Lipinski definition) is 1. The second kappa shape index (κ2) is 4.72. The van der Waals surface area contributed by atoms with Gasteiger partial charge in [0, 0.05) is 6.20 Å². The van der Waals surface area contributed by atoms with Crippen LogP contribution in [0.4, 0.5) is 5.95 Å². The second-order valence-corrected chi connectivity index (χ2v) is 4.59. The van der Waals surface area contributed by atoms with Gasteiger partial charge in [0.25, 0.3) is 0 Å². The molecular weight excluding hydrogens is 236 g/mol. The van der Waals surface area contributed by atoms with Crippen molar-refractivity contribution in [3.63, 3.8) is 0 Å². The summed E-state index contributed by atoms with van der Waals surface area (Å²) < 4.78 is 2.01. The van der Waals surface area contributed by atoms with Crippen LogP contribution in [0.25, 0.3) is 11.0 Å². The number of nitrogens with two attached hydrogens (primary N) is 1. The zero-order valence-electron chi connectivity index (χ0n) is 10.9. The molecule has 2 heterocycles. The Hall–Kier alpha value is -2.36. The van der Waals surface area contributed by atoms with Gasteiger partial charge in [-0.25, -0.2) is 4.98 Å². The van der Waals surface area contributed by atoms with E-state index in [0.717, 1.165) is 24.0 Å². The van der Waals surface area contributed by atoms with E-state index in [1.807, 2.05) is 10.6 Å². The second-order valence-electron chi connectivity index (χ2n) is 4.59. The molecule has 0 amide bonds. The Morgan fingerprint density at radius 3 is 2.58 bits per heavy atom. The molecule has 2 N–H and O–H groups in total. The van der Waals surface area contributed by atoms with Crippen LogP contribution in [0.1, 0.15) is 18.1 Å². The number of nitrogens with zero attached hydrogens (tertiary/aromatic N) is 3. The number of nitrogen functional groups attached to an aromatic ring is 1. The molecule has 0 aliphatic carbocycles. The first-order valence-corrected chi connectivity index (χ1v) is 6.41. The fourth-order valence-electron chi connectivity index (χ4n) is 2.23. The molecular formula is C15H16N4. The molecule has 3 rings (SSSR count). The monoisotopic (exact) mass is 252 g/mol. The van der Waals surface area contributed by atoms with Crippen molar-refractivity contribution in [2.24, 2.45) is 0 Å². The van der Waals surface area contributed by atoms with Crippen molar-refractivity contribution in [2.75, 3.05) is 5.73 Å². The van der Waals surface area contributed by atoms with E-state index < -0.39 is 0 Å². The van der Waals surface area contributed by atoms with Crippen LogP contribution in [0.15, 0.2) is 42.7 Å². The van der Waals surface area contributed by atoms with Crippen LogP contribution < -0.4 is 5.73 Å². The van der Waals surface area contributed by atoms with E-state index in [4.69, 9.17) is 5.73 Å². The highest BCUT2D eigenvalue weighted by molar-refractivity contribution is 5.77. The maximum absolute atomic E-state index is 5.98. The lowest BCUT2D eigenvalue weighted by Gasteiger charge is -2.07. The van der Waals surface area contributed by atoms with Gasteiger partial charge >= 0.3 is 0 Å². The topological polar surface area (TPSA) is 56.7 Å². The number of imidazole rings is 1. The molecule has 4 nitrogen and oxygen atoms in total. The summed E-state index contributed by atoms with van der Waals surface area (Å²) >= 11 is 0. The van der Waals surface area contributed by atoms with E-state index in [1.165, 1.54) is 11.1 Å². The largest absolute Gasteiger partial charge is 0.369 e. The summed E-state index contributed by atoms with van der Waals surface area (Å²) in [6, 6.07) is 10.5. The summed E-state index contributed by atoms with van der Waals surface area (Å²) in [6.45, 7) is 2.89. The van der Waals surface area contributed by atoms with Gasteiger partial charge in [0.05, 0.1) is 18.3 Å². The van der Waals surface area contributed by atoms with Crippen molar-refractivity contribution in [1.82, 2.24) is 14.5 Å². The summed E-state index contributed by atoms with van der Waals surface area (Å²) in [5, 5.41) is 0. The van der Waals surface area contributed by atoms with Gasteiger partial charge in [-0.3, -0.25) is 4.98 Å². The summed E-state index contributed by atoms with van der Waals surface area (Å²) in [6.07, 6.45) is 4.56. The number of aromatic nitrogens is 3. The van der Waals surface area contributed by atoms with Gasteiger partial charge in [-0.15, -0.1) is 0 Å². The summed E-state index contributed by atoms with van der Waals surface area (Å²) in [4.78, 5) is 8.39. The molecule has 0 fully saturated rings. The minimum atomic E-state index is 0.530. The lowest BCUT2D eigenvalue weighted by molar-refractivity contribution is 0.837. The van der Waals surface area contributed by atoms with Crippen LogP contribution in [0.2, 0.25) is 0 Å². The van der Waals surface area contributed by atoms with E-state index >= 15 is 0 Å². The van der Waals surface area contributed by atoms with Crippen molar-refractivity contribution < 1.29 is 0 Å². The van der Waals surface area contributed by atoms with Crippen molar-refractivity contribution in [3.05, 3.63) is 53.9 Å². The summed E-state index contributed by atoms with van der Waals surface area (Å²) in [5.41, 5.74) is 10.4. The average Bonchev–Trinajstić information content (AvgIpc) is 2.76. The minimum absolute atomic E-state index is 0.530. The van der Waals surface area contributed by atoms with Crippen LogP contribution >= 0.6 is 0 Å². The molecule has 0 aliphatic rings. The number of pyridine rings is 1. The lowest BCUT2D eigenvalue weighted by atomic mass is 10.1. The number of anilines is 1. The number of aryl methyl sites for hydroxylation is 1. The smallest absolute Gasteiger partial charge is 0.201 e. The molecule has 1 aromatic carbocycles. The van der Waals surface area contributed by atoms with Gasteiger partial charge < -0.3 is 10.3 Å². The van der Waals surface area contributed by atoms with Crippen molar-refractivity contribution in [3.8, 4) is 0 Å². The van der Waals surface area contributed by atoms with Crippen LogP contribution in [0.3, 0.4) is 0 Å². The fourth-order valence-corrected chi connectivity index (χ4v) is 2.23. The average molecular weight is 252 g/mol. The predicted octanol–water partition coefficient (Wildman–Crippen LogP) is 2.62. The van der Waals surface area contributed by atoms with Gasteiger partial charge in [0.1, 0.15) is 5.52 Å². The molecule has 0 spiro atoms. The van der Waals surface area contributed by atoms with Crippen LogP contribution in [0, 0.1) is 0 Å². The first-order chi connectivity index (χ1) is 9.28. The highest BCUT2D eigenvalue weighted by Gasteiger charge is 2.08. The standard InChI is InChI=1S/C15H16N4/c1-2-11-3-5-12(6-4-11)10-19-14-7-8-17-9-13(14)18-15(19)16/h3-9H,2,10H2,1H3,(H2,16,18). The Morgan fingerprint density at radius 2 is 1.84 bits per heavy atom.